The van der Waals surface area contributed by atoms with Crippen molar-refractivity contribution in [1.29, 1.82) is 0 Å². The number of amides is 1. The van der Waals surface area contributed by atoms with E-state index in [2.05, 4.69) is 19.9 Å². The highest BCUT2D eigenvalue weighted by Gasteiger charge is 2.47. The molecule has 0 radical (unpaired) electrons. The molecule has 2 aromatic heterocycles. The van der Waals surface area contributed by atoms with Gasteiger partial charge in [-0.05, 0) is 6.42 Å². The predicted octanol–water partition coefficient (Wildman–Crippen LogP) is 0.590. The molecule has 4 rings (SSSR count). The second-order valence-corrected chi connectivity index (χ2v) is 5.91. The molecule has 7 heteroatoms. The number of imidazole rings is 1. The number of carbonyl (C=O) groups is 1. The maximum absolute atomic E-state index is 12.4. The number of likely N-dealkylation sites (tertiary alicyclic amines) is 1. The Kier molecular flexibility index (Phi) is 3.15. The van der Waals surface area contributed by atoms with Gasteiger partial charge in [0.1, 0.15) is 12.2 Å². The van der Waals surface area contributed by atoms with Crippen LogP contribution in [-0.4, -0.2) is 49.0 Å². The standard InChI is InChI=1S/C15H18N6O/c1-19-5-3-18-14(19)9-20-4-2-12-13(20)6-15(22)21(12)11-7-16-10-17-8-11/h3,5,7-8,10,12-13H,2,4,6,9H2,1H3. The molecule has 2 aromatic rings. The van der Waals surface area contributed by atoms with E-state index in [0.717, 1.165) is 31.0 Å². The topological polar surface area (TPSA) is 67.2 Å². The van der Waals surface area contributed by atoms with E-state index in [1.165, 1.54) is 6.33 Å². The van der Waals surface area contributed by atoms with Gasteiger partial charge in [-0.25, -0.2) is 15.0 Å². The zero-order valence-electron chi connectivity index (χ0n) is 12.5. The van der Waals surface area contributed by atoms with Crippen molar-refractivity contribution in [2.45, 2.75) is 31.5 Å². The van der Waals surface area contributed by atoms with Crippen molar-refractivity contribution in [3.8, 4) is 0 Å². The minimum absolute atomic E-state index is 0.161. The van der Waals surface area contributed by atoms with Gasteiger partial charge in [0, 0.05) is 38.4 Å². The number of fused-ring (bicyclic) bond motifs is 1. The Morgan fingerprint density at radius 2 is 2.09 bits per heavy atom. The van der Waals surface area contributed by atoms with E-state index in [0.29, 0.717) is 6.42 Å². The molecule has 0 N–H and O–H groups in total. The van der Waals surface area contributed by atoms with Gasteiger partial charge in [-0.15, -0.1) is 0 Å². The van der Waals surface area contributed by atoms with Crippen LogP contribution >= 0.6 is 0 Å². The Bertz CT molecular complexity index is 684. The van der Waals surface area contributed by atoms with Gasteiger partial charge >= 0.3 is 0 Å². The van der Waals surface area contributed by atoms with Gasteiger partial charge in [0.25, 0.3) is 0 Å². The van der Waals surface area contributed by atoms with E-state index in [-0.39, 0.29) is 18.0 Å². The summed E-state index contributed by atoms with van der Waals surface area (Å²) in [6.45, 7) is 1.77. The van der Waals surface area contributed by atoms with Crippen LogP contribution in [-0.2, 0) is 18.4 Å². The summed E-state index contributed by atoms with van der Waals surface area (Å²) in [5.74, 6) is 1.20. The van der Waals surface area contributed by atoms with Crippen LogP contribution in [0.2, 0.25) is 0 Å². The van der Waals surface area contributed by atoms with Gasteiger partial charge in [0.2, 0.25) is 5.91 Å². The monoisotopic (exact) mass is 298 g/mol. The van der Waals surface area contributed by atoms with E-state index >= 15 is 0 Å². The van der Waals surface area contributed by atoms with Crippen molar-refractivity contribution in [2.75, 3.05) is 11.4 Å². The third-order valence-corrected chi connectivity index (χ3v) is 4.70. The fraction of sp³-hybridized carbons (Fsp3) is 0.467. The summed E-state index contributed by atoms with van der Waals surface area (Å²) < 4.78 is 2.03. The van der Waals surface area contributed by atoms with E-state index in [1.54, 1.807) is 12.4 Å². The van der Waals surface area contributed by atoms with Crippen LogP contribution in [0.3, 0.4) is 0 Å². The molecule has 2 aliphatic heterocycles. The molecule has 0 bridgehead atoms. The molecule has 0 spiro atoms. The zero-order valence-corrected chi connectivity index (χ0v) is 12.5. The highest BCUT2D eigenvalue weighted by atomic mass is 16.2. The Balaban J connectivity index is 1.55. The molecule has 22 heavy (non-hydrogen) atoms. The summed E-state index contributed by atoms with van der Waals surface area (Å²) in [6, 6.07) is 0.475. The lowest BCUT2D eigenvalue weighted by Gasteiger charge is -2.24. The summed E-state index contributed by atoms with van der Waals surface area (Å²) in [5, 5.41) is 0. The maximum Gasteiger partial charge on any atom is 0.229 e. The fourth-order valence-electron chi connectivity index (χ4n) is 3.61. The number of carbonyl (C=O) groups excluding carboxylic acids is 1. The Labute approximate surface area is 128 Å². The van der Waals surface area contributed by atoms with E-state index in [9.17, 15) is 4.79 Å². The summed E-state index contributed by atoms with van der Waals surface area (Å²) in [4.78, 5) is 29.1. The van der Waals surface area contributed by atoms with Crippen molar-refractivity contribution in [1.82, 2.24) is 24.4 Å². The SMILES string of the molecule is Cn1ccnc1CN1CCC2C1CC(=O)N2c1cncnc1. The van der Waals surface area contributed by atoms with Crippen molar-refractivity contribution in [3.05, 3.63) is 36.9 Å². The van der Waals surface area contributed by atoms with Gasteiger partial charge in [0.05, 0.1) is 30.7 Å². The van der Waals surface area contributed by atoms with Crippen molar-refractivity contribution >= 4 is 11.6 Å². The van der Waals surface area contributed by atoms with E-state index in [1.807, 2.05) is 28.9 Å². The van der Waals surface area contributed by atoms with Gasteiger partial charge in [-0.3, -0.25) is 9.69 Å². The molecule has 2 unspecified atom stereocenters. The molecule has 2 aliphatic rings. The highest BCUT2D eigenvalue weighted by molar-refractivity contribution is 5.97. The third-order valence-electron chi connectivity index (χ3n) is 4.70. The molecular formula is C15H18N6O. The molecule has 2 atom stereocenters. The summed E-state index contributed by atoms with van der Waals surface area (Å²) in [5.41, 5.74) is 0.804. The molecular weight excluding hydrogens is 280 g/mol. The lowest BCUT2D eigenvalue weighted by molar-refractivity contribution is -0.117. The highest BCUT2D eigenvalue weighted by Crippen LogP contribution is 2.35. The molecule has 2 fully saturated rings. The first-order chi connectivity index (χ1) is 10.7. The van der Waals surface area contributed by atoms with Crippen LogP contribution in [0, 0.1) is 0 Å². The fourth-order valence-corrected chi connectivity index (χ4v) is 3.61. The Morgan fingerprint density at radius 1 is 1.27 bits per heavy atom. The average molecular weight is 298 g/mol. The van der Waals surface area contributed by atoms with Gasteiger partial charge in [0.15, 0.2) is 0 Å². The number of anilines is 1. The number of hydrogen-bond donors (Lipinski definition) is 0. The van der Waals surface area contributed by atoms with Crippen molar-refractivity contribution in [2.24, 2.45) is 7.05 Å². The molecule has 4 heterocycles. The lowest BCUT2D eigenvalue weighted by atomic mass is 10.1. The maximum atomic E-state index is 12.4. The first-order valence-corrected chi connectivity index (χ1v) is 7.51. The second kappa shape index (κ2) is 5.17. The van der Waals surface area contributed by atoms with Gasteiger partial charge in [-0.1, -0.05) is 0 Å². The molecule has 0 aliphatic carbocycles. The number of rotatable bonds is 3. The Morgan fingerprint density at radius 3 is 2.82 bits per heavy atom. The lowest BCUT2D eigenvalue weighted by Crippen LogP contribution is -2.37. The first kappa shape index (κ1) is 13.4. The van der Waals surface area contributed by atoms with E-state index in [4.69, 9.17) is 0 Å². The Hall–Kier alpha value is -2.28. The van der Waals surface area contributed by atoms with E-state index < -0.39 is 0 Å². The zero-order chi connectivity index (χ0) is 15.1. The predicted molar refractivity (Wildman–Crippen MR) is 79.9 cm³/mol. The number of aryl methyl sites for hydroxylation is 1. The van der Waals surface area contributed by atoms with Crippen LogP contribution in [0.15, 0.2) is 31.1 Å². The van der Waals surface area contributed by atoms with Gasteiger partial charge < -0.3 is 9.47 Å². The third kappa shape index (κ3) is 2.09. The van der Waals surface area contributed by atoms with Crippen LogP contribution in [0.1, 0.15) is 18.7 Å². The minimum atomic E-state index is 0.161. The van der Waals surface area contributed by atoms with Crippen LogP contribution in [0.5, 0.6) is 0 Å². The molecule has 0 aromatic carbocycles. The van der Waals surface area contributed by atoms with Crippen LogP contribution in [0.4, 0.5) is 5.69 Å². The summed E-state index contributed by atoms with van der Waals surface area (Å²) in [6.07, 6.45) is 10.2. The molecule has 0 saturated carbocycles. The molecule has 2 saturated heterocycles. The largest absolute Gasteiger partial charge is 0.337 e. The smallest absolute Gasteiger partial charge is 0.229 e. The summed E-state index contributed by atoms with van der Waals surface area (Å²) in [7, 11) is 2.00. The van der Waals surface area contributed by atoms with Crippen molar-refractivity contribution < 1.29 is 4.79 Å². The summed E-state index contributed by atoms with van der Waals surface area (Å²) >= 11 is 0. The first-order valence-electron chi connectivity index (χ1n) is 7.51. The second-order valence-electron chi connectivity index (χ2n) is 5.91. The van der Waals surface area contributed by atoms with Crippen molar-refractivity contribution in [3.63, 3.8) is 0 Å². The quantitative estimate of drug-likeness (QED) is 0.829. The molecule has 7 nitrogen and oxygen atoms in total. The average Bonchev–Trinajstić information content (AvgIpc) is 3.18. The minimum Gasteiger partial charge on any atom is -0.337 e. The number of nitrogens with zero attached hydrogens (tertiary/aromatic N) is 6. The van der Waals surface area contributed by atoms with Gasteiger partial charge in [-0.2, -0.15) is 0 Å². The number of hydrogen-bond acceptors (Lipinski definition) is 5. The van der Waals surface area contributed by atoms with Crippen LogP contribution < -0.4 is 4.90 Å². The molecule has 1 amide bonds. The number of aromatic nitrogens is 4. The normalized spacial score (nSPS) is 25.0. The van der Waals surface area contributed by atoms with Crippen LogP contribution in [0.25, 0.3) is 0 Å². The molecule has 114 valence electrons.